The fourth-order valence-electron chi connectivity index (χ4n) is 2.42. The number of hydrogen-bond acceptors (Lipinski definition) is 4. The molecule has 0 heterocycles. The number of hydrogen-bond donors (Lipinski definition) is 3. The van der Waals surface area contributed by atoms with Gasteiger partial charge < -0.3 is 14.8 Å². The number of urea groups is 1. The van der Waals surface area contributed by atoms with Crippen LogP contribution in [0.2, 0.25) is 0 Å². The van der Waals surface area contributed by atoms with Crippen molar-refractivity contribution in [2.75, 3.05) is 13.2 Å². The molecule has 0 bridgehead atoms. The van der Waals surface area contributed by atoms with Crippen LogP contribution < -0.4 is 25.6 Å². The predicted octanol–water partition coefficient (Wildman–Crippen LogP) is 4.79. The Balaban J connectivity index is 3.12. The summed E-state index contributed by atoms with van der Waals surface area (Å²) >= 11 is 0. The number of alkyl halides is 12. The first kappa shape index (κ1) is 30.8. The Kier molecular flexibility index (Phi) is 9.20. The van der Waals surface area contributed by atoms with E-state index >= 15 is 0 Å². The lowest BCUT2D eigenvalue weighted by Crippen LogP contribution is -2.69. The molecule has 0 aromatic heterocycles. The normalized spacial score (nSPS) is 13.1. The number of benzene rings is 1. The lowest BCUT2D eigenvalue weighted by atomic mass is 9.94. The van der Waals surface area contributed by atoms with Gasteiger partial charge in [-0.15, -0.1) is 0 Å². The largest absolute Gasteiger partial charge is 0.484 e. The van der Waals surface area contributed by atoms with Crippen LogP contribution >= 0.6 is 0 Å². The molecule has 0 atom stereocenters. The van der Waals surface area contributed by atoms with Gasteiger partial charge in [0.25, 0.3) is 5.91 Å². The monoisotopic (exact) mass is 553 g/mol. The van der Waals surface area contributed by atoms with Crippen LogP contribution in [0, 0.1) is 0 Å². The molecular weight excluding hydrogens is 538 g/mol. The van der Waals surface area contributed by atoms with Gasteiger partial charge in [-0.3, -0.25) is 10.2 Å². The highest BCUT2D eigenvalue weighted by Gasteiger charge is 2.70. The molecule has 0 radical (unpaired) electrons. The third kappa shape index (κ3) is 8.43. The maximum absolute atomic E-state index is 13.1. The molecule has 0 unspecified atom stereocenters. The van der Waals surface area contributed by atoms with E-state index < -0.39 is 78.9 Å². The summed E-state index contributed by atoms with van der Waals surface area (Å²) in [6.07, 6.45) is -23.6. The van der Waals surface area contributed by atoms with Crippen LogP contribution in [-0.4, -0.2) is 55.4 Å². The Hall–Kier alpha value is -3.28. The number of halogens is 12. The lowest BCUT2D eigenvalue weighted by molar-refractivity contribution is -0.304. The number of carbonyl (C=O) groups excluding carboxylic acids is 2. The Morgan fingerprint density at radius 3 is 1.72 bits per heavy atom. The van der Waals surface area contributed by atoms with E-state index in [0.29, 0.717) is 30.4 Å². The smallest absolute Gasteiger partial charge is 0.422 e. The van der Waals surface area contributed by atoms with Crippen molar-refractivity contribution in [3.63, 3.8) is 0 Å². The second-order valence-electron chi connectivity index (χ2n) is 6.75. The number of amides is 3. The Bertz CT molecular complexity index is 911. The van der Waals surface area contributed by atoms with Crippen molar-refractivity contribution in [2.45, 2.75) is 43.6 Å². The summed E-state index contributed by atoms with van der Waals surface area (Å²) < 4.78 is 161. The fraction of sp³-hybridized carbons (Fsp3) is 0.529. The second-order valence-corrected chi connectivity index (χ2v) is 6.75. The van der Waals surface area contributed by atoms with Crippen molar-refractivity contribution in [3.05, 3.63) is 23.8 Å². The van der Waals surface area contributed by atoms with Crippen molar-refractivity contribution in [1.82, 2.24) is 16.2 Å². The van der Waals surface area contributed by atoms with Gasteiger partial charge in [0, 0.05) is 0 Å². The van der Waals surface area contributed by atoms with E-state index in [1.807, 2.05) is 0 Å². The Morgan fingerprint density at radius 1 is 0.778 bits per heavy atom. The standard InChI is InChI=1S/C17H15F12N3O4/c1-2-13(16(24,25)26,17(27,28)29)30-12(34)32-31-11(33)9-5-8(35-6-14(18,19)20)3-4-10(9)36-7-15(21,22)23/h3-5H,2,6-7H2,1H3,(H,31,33)(H2,30,32,34). The van der Waals surface area contributed by atoms with Crippen LogP contribution in [-0.2, 0) is 0 Å². The quantitative estimate of drug-likeness (QED) is 0.335. The van der Waals surface area contributed by atoms with Crippen molar-refractivity contribution in [1.29, 1.82) is 0 Å². The van der Waals surface area contributed by atoms with E-state index in [2.05, 4.69) is 9.47 Å². The fourth-order valence-corrected chi connectivity index (χ4v) is 2.42. The summed E-state index contributed by atoms with van der Waals surface area (Å²) in [5.74, 6) is -3.36. The van der Waals surface area contributed by atoms with Gasteiger partial charge in [0.2, 0.25) is 5.54 Å². The molecule has 0 aliphatic heterocycles. The highest BCUT2D eigenvalue weighted by molar-refractivity contribution is 5.98. The third-order valence-electron chi connectivity index (χ3n) is 4.10. The van der Waals surface area contributed by atoms with Crippen LogP contribution in [0.15, 0.2) is 18.2 Å². The van der Waals surface area contributed by atoms with Gasteiger partial charge in [-0.1, -0.05) is 6.92 Å². The molecule has 0 saturated heterocycles. The number of rotatable bonds is 7. The van der Waals surface area contributed by atoms with Gasteiger partial charge in [0.05, 0.1) is 5.56 Å². The van der Waals surface area contributed by atoms with Gasteiger partial charge >= 0.3 is 30.7 Å². The highest BCUT2D eigenvalue weighted by Crippen LogP contribution is 2.45. The van der Waals surface area contributed by atoms with Crippen LogP contribution in [0.3, 0.4) is 0 Å². The minimum absolute atomic E-state index is 0.425. The molecule has 0 spiro atoms. The molecule has 0 aliphatic carbocycles. The number of ether oxygens (including phenoxy) is 2. The summed E-state index contributed by atoms with van der Waals surface area (Å²) in [5.41, 5.74) is -3.30. The maximum atomic E-state index is 13.1. The number of carbonyl (C=O) groups is 2. The maximum Gasteiger partial charge on any atom is 0.422 e. The Labute approximate surface area is 193 Å². The van der Waals surface area contributed by atoms with Gasteiger partial charge in [0.1, 0.15) is 11.5 Å². The summed E-state index contributed by atoms with van der Waals surface area (Å²) in [5, 5.41) is 0.630. The summed E-state index contributed by atoms with van der Waals surface area (Å²) in [7, 11) is 0. The zero-order chi connectivity index (χ0) is 28.2. The van der Waals surface area contributed by atoms with E-state index in [1.54, 1.807) is 0 Å². The average molecular weight is 553 g/mol. The van der Waals surface area contributed by atoms with E-state index in [1.165, 1.54) is 5.43 Å². The van der Waals surface area contributed by atoms with Gasteiger partial charge in [-0.2, -0.15) is 52.7 Å². The topological polar surface area (TPSA) is 88.7 Å². The van der Waals surface area contributed by atoms with Crippen LogP contribution in [0.1, 0.15) is 23.7 Å². The van der Waals surface area contributed by atoms with Crippen molar-refractivity contribution >= 4 is 11.9 Å². The second kappa shape index (κ2) is 10.8. The lowest BCUT2D eigenvalue weighted by Gasteiger charge is -2.36. The minimum Gasteiger partial charge on any atom is -0.484 e. The van der Waals surface area contributed by atoms with Gasteiger partial charge in [0.15, 0.2) is 13.2 Å². The van der Waals surface area contributed by atoms with Crippen molar-refractivity contribution in [2.24, 2.45) is 0 Å². The molecular formula is C17H15F12N3O4. The SMILES string of the molecule is CCC(NC(=O)NNC(=O)c1cc(OCC(F)(F)F)ccc1OCC(F)(F)F)(C(F)(F)F)C(F)(F)F. The minimum atomic E-state index is -6.04. The average Bonchev–Trinajstić information content (AvgIpc) is 2.70. The number of hydrazine groups is 1. The molecule has 7 nitrogen and oxygen atoms in total. The summed E-state index contributed by atoms with van der Waals surface area (Å²) in [6, 6.07) is -0.561. The van der Waals surface area contributed by atoms with Crippen LogP contribution in [0.5, 0.6) is 11.5 Å². The molecule has 1 aromatic carbocycles. The molecule has 0 saturated carbocycles. The van der Waals surface area contributed by atoms with Gasteiger partial charge in [-0.25, -0.2) is 10.2 Å². The predicted molar refractivity (Wildman–Crippen MR) is 93.8 cm³/mol. The zero-order valence-corrected chi connectivity index (χ0v) is 17.5. The zero-order valence-electron chi connectivity index (χ0n) is 17.5. The Morgan fingerprint density at radius 2 is 1.28 bits per heavy atom. The molecule has 1 aromatic rings. The molecule has 36 heavy (non-hydrogen) atoms. The molecule has 0 fully saturated rings. The molecule has 19 heteroatoms. The number of nitrogens with one attached hydrogen (secondary N) is 3. The summed E-state index contributed by atoms with van der Waals surface area (Å²) in [4.78, 5) is 23.9. The van der Waals surface area contributed by atoms with E-state index in [4.69, 9.17) is 0 Å². The van der Waals surface area contributed by atoms with Crippen LogP contribution in [0.25, 0.3) is 0 Å². The first-order valence-corrected chi connectivity index (χ1v) is 9.17. The molecule has 206 valence electrons. The third-order valence-corrected chi connectivity index (χ3v) is 4.10. The molecule has 1 rings (SSSR count). The van der Waals surface area contributed by atoms with E-state index in [9.17, 15) is 62.3 Å². The van der Waals surface area contributed by atoms with E-state index in [-0.39, 0.29) is 0 Å². The first-order valence-electron chi connectivity index (χ1n) is 9.17. The molecule has 3 N–H and O–H groups in total. The molecule has 3 amide bonds. The van der Waals surface area contributed by atoms with Gasteiger partial charge in [-0.05, 0) is 24.6 Å². The van der Waals surface area contributed by atoms with Crippen molar-refractivity contribution in [3.8, 4) is 11.5 Å². The molecule has 0 aliphatic rings. The first-order chi connectivity index (χ1) is 16.1. The van der Waals surface area contributed by atoms with E-state index in [0.717, 1.165) is 5.43 Å². The van der Waals surface area contributed by atoms with Crippen LogP contribution in [0.4, 0.5) is 57.5 Å². The summed E-state index contributed by atoms with van der Waals surface area (Å²) in [6.45, 7) is -3.44. The highest BCUT2D eigenvalue weighted by atomic mass is 19.4. The van der Waals surface area contributed by atoms with Crippen molar-refractivity contribution < 1.29 is 71.7 Å².